The molecule has 0 amide bonds. The molecule has 4 saturated carbocycles. The van der Waals surface area contributed by atoms with Gasteiger partial charge >= 0.3 is 5.97 Å². The summed E-state index contributed by atoms with van der Waals surface area (Å²) >= 11 is 0. The summed E-state index contributed by atoms with van der Waals surface area (Å²) in [7, 11) is 1.39. The van der Waals surface area contributed by atoms with Crippen LogP contribution in [-0.4, -0.2) is 13.1 Å². The van der Waals surface area contributed by atoms with Crippen molar-refractivity contribution in [1.82, 2.24) is 0 Å². The minimum atomic E-state index is -0.401. The number of rotatable bonds is 1. The first-order valence-corrected chi connectivity index (χ1v) is 7.43. The molecule has 0 N–H and O–H groups in total. The third kappa shape index (κ3) is 2.29. The van der Waals surface area contributed by atoms with E-state index in [0.717, 1.165) is 12.3 Å². The van der Waals surface area contributed by atoms with Crippen molar-refractivity contribution in [1.29, 1.82) is 0 Å². The van der Waals surface area contributed by atoms with E-state index in [0.29, 0.717) is 16.2 Å². The Morgan fingerprint density at radius 2 is 1.79 bits per heavy atom. The highest BCUT2D eigenvalue weighted by Gasteiger charge is 2.59. The smallest absolute Gasteiger partial charge is 0.384 e. The van der Waals surface area contributed by atoms with E-state index in [4.69, 9.17) is 0 Å². The van der Waals surface area contributed by atoms with Crippen LogP contribution in [0.3, 0.4) is 0 Å². The Bertz CT molecular complexity index is 449. The van der Waals surface area contributed by atoms with Crippen molar-refractivity contribution in [3.8, 4) is 11.8 Å². The molecule has 0 heterocycles. The van der Waals surface area contributed by atoms with Crippen molar-refractivity contribution in [3.63, 3.8) is 0 Å². The molecule has 0 aliphatic heterocycles. The molecule has 0 saturated heterocycles. The maximum Gasteiger partial charge on any atom is 0.384 e. The first kappa shape index (κ1) is 13.0. The van der Waals surface area contributed by atoms with Crippen molar-refractivity contribution in [2.24, 2.45) is 22.2 Å². The summed E-state index contributed by atoms with van der Waals surface area (Å²) in [6, 6.07) is 0. The number of carbonyl (C=O) groups is 1. The topological polar surface area (TPSA) is 26.3 Å². The van der Waals surface area contributed by atoms with Crippen LogP contribution < -0.4 is 0 Å². The van der Waals surface area contributed by atoms with E-state index < -0.39 is 5.97 Å². The number of carbonyl (C=O) groups excluding carboxylic acids is 1. The van der Waals surface area contributed by atoms with Gasteiger partial charge in [-0.15, -0.1) is 0 Å². The average Bonchev–Trinajstić information content (AvgIpc) is 2.23. The number of hydrogen-bond donors (Lipinski definition) is 0. The lowest BCUT2D eigenvalue weighted by atomic mass is 9.40. The van der Waals surface area contributed by atoms with Crippen LogP contribution in [0.4, 0.5) is 0 Å². The molecule has 19 heavy (non-hydrogen) atoms. The highest BCUT2D eigenvalue weighted by Crippen LogP contribution is 2.70. The molecule has 4 aliphatic carbocycles. The van der Waals surface area contributed by atoms with Gasteiger partial charge in [-0.2, -0.15) is 0 Å². The third-order valence-electron chi connectivity index (χ3n) is 5.58. The molecule has 0 aromatic heterocycles. The Hall–Kier alpha value is -0.970. The van der Waals surface area contributed by atoms with E-state index >= 15 is 0 Å². The highest BCUT2D eigenvalue weighted by molar-refractivity contribution is 5.88. The maximum atomic E-state index is 11.1. The first-order valence-electron chi connectivity index (χ1n) is 7.43. The third-order valence-corrected chi connectivity index (χ3v) is 5.58. The zero-order valence-corrected chi connectivity index (χ0v) is 12.3. The standard InChI is InChI=1S/C17H24O2/c1-15-7-13-8-16(2,10-15)12-17(9-13,11-15)6-4-5-14(18)19-3/h13H,6-12H2,1-3H3. The molecule has 0 spiro atoms. The molecule has 4 rings (SSSR count). The molecule has 0 aromatic carbocycles. The average molecular weight is 260 g/mol. The molecule has 2 nitrogen and oxygen atoms in total. The van der Waals surface area contributed by atoms with E-state index in [1.165, 1.54) is 45.6 Å². The van der Waals surface area contributed by atoms with Gasteiger partial charge in [-0.25, -0.2) is 4.79 Å². The van der Waals surface area contributed by atoms with Crippen molar-refractivity contribution in [2.45, 2.75) is 58.8 Å². The SMILES string of the molecule is COC(=O)C#CCC12CC3CC(C)(CC(C)(C3)C1)C2. The highest BCUT2D eigenvalue weighted by atomic mass is 16.5. The number of methoxy groups -OCH3 is 1. The first-order chi connectivity index (χ1) is 8.86. The van der Waals surface area contributed by atoms with Crippen LogP contribution in [0.2, 0.25) is 0 Å². The zero-order chi connectivity index (χ0) is 13.7. The number of ether oxygens (including phenoxy) is 1. The summed E-state index contributed by atoms with van der Waals surface area (Å²) in [4.78, 5) is 11.1. The van der Waals surface area contributed by atoms with Gasteiger partial charge in [-0.3, -0.25) is 0 Å². The second-order valence-electron chi connectivity index (χ2n) is 8.10. The van der Waals surface area contributed by atoms with Crippen molar-refractivity contribution in [3.05, 3.63) is 0 Å². The monoisotopic (exact) mass is 260 g/mol. The largest absolute Gasteiger partial charge is 0.459 e. The molecule has 4 fully saturated rings. The predicted molar refractivity (Wildman–Crippen MR) is 74.2 cm³/mol. The van der Waals surface area contributed by atoms with Gasteiger partial charge in [-0.05, 0) is 60.7 Å². The van der Waals surface area contributed by atoms with E-state index in [-0.39, 0.29) is 0 Å². The van der Waals surface area contributed by atoms with E-state index in [1.54, 1.807) is 0 Å². The number of esters is 1. The van der Waals surface area contributed by atoms with Crippen LogP contribution in [-0.2, 0) is 9.53 Å². The molecule has 2 unspecified atom stereocenters. The molecular weight excluding hydrogens is 236 g/mol. The Labute approximate surface area is 116 Å². The summed E-state index contributed by atoms with van der Waals surface area (Å²) in [5, 5.41) is 0. The zero-order valence-electron chi connectivity index (χ0n) is 12.3. The van der Waals surface area contributed by atoms with Crippen LogP contribution in [0.25, 0.3) is 0 Å². The molecule has 4 aliphatic rings. The van der Waals surface area contributed by atoms with Gasteiger partial charge in [0, 0.05) is 12.3 Å². The van der Waals surface area contributed by atoms with Gasteiger partial charge in [0.1, 0.15) is 0 Å². The minimum Gasteiger partial charge on any atom is -0.459 e. The Balaban J connectivity index is 1.80. The second-order valence-corrected chi connectivity index (χ2v) is 8.10. The predicted octanol–water partition coefficient (Wildman–Crippen LogP) is 3.55. The van der Waals surface area contributed by atoms with Crippen LogP contribution >= 0.6 is 0 Å². The summed E-state index contributed by atoms with van der Waals surface area (Å²) in [5.74, 6) is 6.22. The van der Waals surface area contributed by atoms with Crippen molar-refractivity contribution >= 4 is 5.97 Å². The molecule has 0 aromatic rings. The van der Waals surface area contributed by atoms with Gasteiger partial charge in [0.25, 0.3) is 0 Å². The summed E-state index contributed by atoms with van der Waals surface area (Å²) in [6.45, 7) is 4.94. The maximum absolute atomic E-state index is 11.1. The van der Waals surface area contributed by atoms with E-state index in [2.05, 4.69) is 30.4 Å². The summed E-state index contributed by atoms with van der Waals surface area (Å²) < 4.78 is 4.60. The molecule has 2 atom stereocenters. The molecular formula is C17H24O2. The van der Waals surface area contributed by atoms with Gasteiger partial charge in [-0.1, -0.05) is 19.8 Å². The van der Waals surface area contributed by atoms with Crippen LogP contribution in [0.5, 0.6) is 0 Å². The van der Waals surface area contributed by atoms with Crippen molar-refractivity contribution < 1.29 is 9.53 Å². The lowest BCUT2D eigenvalue weighted by Gasteiger charge is -2.65. The van der Waals surface area contributed by atoms with Crippen LogP contribution in [0.1, 0.15) is 58.8 Å². The fraction of sp³-hybridized carbons (Fsp3) is 0.824. The summed E-state index contributed by atoms with van der Waals surface area (Å²) in [5.41, 5.74) is 1.44. The van der Waals surface area contributed by atoms with Gasteiger partial charge in [0.2, 0.25) is 0 Å². The molecule has 104 valence electrons. The summed E-state index contributed by atoms with van der Waals surface area (Å²) in [6.07, 6.45) is 9.04. The Kier molecular flexibility index (Phi) is 2.75. The quantitative estimate of drug-likeness (QED) is 0.409. The molecule has 0 radical (unpaired) electrons. The van der Waals surface area contributed by atoms with Gasteiger partial charge in [0.15, 0.2) is 0 Å². The molecule has 4 bridgehead atoms. The fourth-order valence-corrected chi connectivity index (χ4v) is 6.24. The fourth-order valence-electron chi connectivity index (χ4n) is 6.24. The molecule has 2 heteroatoms. The van der Waals surface area contributed by atoms with Crippen LogP contribution in [0.15, 0.2) is 0 Å². The normalized spacial score (nSPS) is 46.6. The Morgan fingerprint density at radius 3 is 2.32 bits per heavy atom. The Morgan fingerprint density at radius 1 is 1.16 bits per heavy atom. The number of hydrogen-bond acceptors (Lipinski definition) is 2. The van der Waals surface area contributed by atoms with Gasteiger partial charge in [0.05, 0.1) is 7.11 Å². The van der Waals surface area contributed by atoms with Crippen LogP contribution in [0, 0.1) is 34.0 Å². The van der Waals surface area contributed by atoms with Crippen molar-refractivity contribution in [2.75, 3.05) is 7.11 Å². The second kappa shape index (κ2) is 4.01. The lowest BCUT2D eigenvalue weighted by molar-refractivity contribution is -0.142. The minimum absolute atomic E-state index is 0.379. The lowest BCUT2D eigenvalue weighted by Crippen LogP contribution is -2.54. The van der Waals surface area contributed by atoms with E-state index in [9.17, 15) is 4.79 Å². The van der Waals surface area contributed by atoms with Gasteiger partial charge < -0.3 is 4.74 Å². The van der Waals surface area contributed by atoms with E-state index in [1.807, 2.05) is 0 Å².